The fourth-order valence-electron chi connectivity index (χ4n) is 3.72. The molecule has 1 aromatic carbocycles. The zero-order chi connectivity index (χ0) is 17.8. The van der Waals surface area contributed by atoms with Crippen LogP contribution in [0.4, 0.5) is 0 Å². The zero-order valence-electron chi connectivity index (χ0n) is 14.9. The summed E-state index contributed by atoms with van der Waals surface area (Å²) in [4.78, 5) is 28.7. The van der Waals surface area contributed by atoms with Gasteiger partial charge < -0.3 is 16.0 Å². The van der Waals surface area contributed by atoms with Gasteiger partial charge in [-0.2, -0.15) is 0 Å². The lowest BCUT2D eigenvalue weighted by atomic mass is 10.1. The molecule has 2 fully saturated rings. The lowest BCUT2D eigenvalue weighted by Crippen LogP contribution is -2.46. The highest BCUT2D eigenvalue weighted by Gasteiger charge is 2.44. The van der Waals surface area contributed by atoms with Crippen LogP contribution in [0.3, 0.4) is 0 Å². The first-order valence-electron chi connectivity index (χ1n) is 9.14. The van der Waals surface area contributed by atoms with Crippen LogP contribution in [0.2, 0.25) is 0 Å². The number of hydrogen-bond donors (Lipinski definition) is 2. The van der Waals surface area contributed by atoms with E-state index >= 15 is 0 Å². The first-order chi connectivity index (χ1) is 12.1. The van der Waals surface area contributed by atoms with Gasteiger partial charge in [-0.25, -0.2) is 0 Å². The molecule has 0 bridgehead atoms. The predicted molar refractivity (Wildman–Crippen MR) is 96.7 cm³/mol. The summed E-state index contributed by atoms with van der Waals surface area (Å²) in [6.45, 7) is 3.90. The molecule has 2 atom stereocenters. The van der Waals surface area contributed by atoms with Crippen molar-refractivity contribution in [2.75, 3.05) is 19.6 Å². The first kappa shape index (κ1) is 17.9. The average molecular weight is 344 g/mol. The molecule has 1 aliphatic heterocycles. The monoisotopic (exact) mass is 344 g/mol. The number of benzene rings is 1. The van der Waals surface area contributed by atoms with Gasteiger partial charge in [-0.05, 0) is 24.8 Å². The van der Waals surface area contributed by atoms with Crippen LogP contribution in [0.1, 0.15) is 31.7 Å². The highest BCUT2D eigenvalue weighted by Crippen LogP contribution is 2.34. The van der Waals surface area contributed by atoms with Gasteiger partial charge in [0.15, 0.2) is 0 Å². The molecule has 2 amide bonds. The van der Waals surface area contributed by atoms with Crippen LogP contribution < -0.4 is 11.1 Å². The van der Waals surface area contributed by atoms with Crippen LogP contribution >= 0.6 is 0 Å². The van der Waals surface area contributed by atoms with Crippen molar-refractivity contribution < 1.29 is 9.59 Å². The molecule has 6 nitrogen and oxygen atoms in total. The van der Waals surface area contributed by atoms with E-state index in [0.29, 0.717) is 32.1 Å². The Labute approximate surface area is 149 Å². The summed E-state index contributed by atoms with van der Waals surface area (Å²) in [6.07, 6.45) is 3.10. The van der Waals surface area contributed by atoms with Crippen molar-refractivity contribution in [3.05, 3.63) is 35.9 Å². The summed E-state index contributed by atoms with van der Waals surface area (Å²) >= 11 is 0. The highest BCUT2D eigenvalue weighted by atomic mass is 16.2. The highest BCUT2D eigenvalue weighted by molar-refractivity contribution is 5.87. The number of nitrogens with one attached hydrogen (secondary N) is 1. The van der Waals surface area contributed by atoms with E-state index in [1.807, 2.05) is 6.07 Å². The summed E-state index contributed by atoms with van der Waals surface area (Å²) < 4.78 is 0. The maximum absolute atomic E-state index is 12.5. The fourth-order valence-corrected chi connectivity index (χ4v) is 3.72. The summed E-state index contributed by atoms with van der Waals surface area (Å²) in [5.74, 6) is -0.121. The van der Waals surface area contributed by atoms with Gasteiger partial charge in [0.1, 0.15) is 6.04 Å². The third-order valence-corrected chi connectivity index (χ3v) is 5.12. The molecule has 0 aromatic heterocycles. The van der Waals surface area contributed by atoms with Gasteiger partial charge in [-0.1, -0.05) is 30.3 Å². The van der Waals surface area contributed by atoms with Crippen molar-refractivity contribution in [2.24, 2.45) is 5.73 Å². The molecular formula is C19H28N4O2. The van der Waals surface area contributed by atoms with Crippen LogP contribution in [-0.4, -0.2) is 59.4 Å². The number of rotatable bonds is 7. The van der Waals surface area contributed by atoms with E-state index in [1.165, 1.54) is 18.4 Å². The van der Waals surface area contributed by atoms with Crippen LogP contribution in [0.15, 0.2) is 30.3 Å². The zero-order valence-corrected chi connectivity index (χ0v) is 14.9. The summed E-state index contributed by atoms with van der Waals surface area (Å²) in [7, 11) is 0. The topological polar surface area (TPSA) is 78.7 Å². The molecule has 6 heteroatoms. The maximum Gasteiger partial charge on any atom is 0.242 e. The molecule has 2 unspecified atom stereocenters. The van der Waals surface area contributed by atoms with Gasteiger partial charge >= 0.3 is 0 Å². The van der Waals surface area contributed by atoms with Crippen LogP contribution in [-0.2, 0) is 16.1 Å². The first-order valence-corrected chi connectivity index (χ1v) is 9.14. The second kappa shape index (κ2) is 7.97. The molecule has 1 saturated carbocycles. The largest absolute Gasteiger partial charge is 0.353 e. The van der Waals surface area contributed by atoms with E-state index in [1.54, 1.807) is 11.8 Å². The average Bonchev–Trinajstić information content (AvgIpc) is 3.35. The Kier molecular flexibility index (Phi) is 5.71. The summed E-state index contributed by atoms with van der Waals surface area (Å²) in [5, 5.41) is 2.84. The fraction of sp³-hybridized carbons (Fsp3) is 0.579. The lowest BCUT2D eigenvalue weighted by Gasteiger charge is -2.29. The molecule has 3 N–H and O–H groups in total. The van der Waals surface area contributed by atoms with E-state index in [4.69, 9.17) is 5.73 Å². The minimum atomic E-state index is -0.383. The van der Waals surface area contributed by atoms with Gasteiger partial charge in [0.2, 0.25) is 11.8 Å². The van der Waals surface area contributed by atoms with E-state index in [2.05, 4.69) is 34.5 Å². The molecule has 1 saturated heterocycles. The molecule has 1 aromatic rings. The Morgan fingerprint density at radius 2 is 1.96 bits per heavy atom. The summed E-state index contributed by atoms with van der Waals surface area (Å²) in [5.41, 5.74) is 6.75. The standard InChI is InChI=1S/C19H28N4O2/c1-14(24)22-13-17(11-18(22)19(25)21-10-9-20)23(16-7-8-16)12-15-5-3-2-4-6-15/h2-6,16-18H,7-13,20H2,1H3,(H,21,25). The number of likely N-dealkylation sites (tertiary alicyclic amines) is 1. The smallest absolute Gasteiger partial charge is 0.242 e. The Balaban J connectivity index is 1.71. The van der Waals surface area contributed by atoms with Crippen LogP contribution in [0.25, 0.3) is 0 Å². The number of carbonyl (C=O) groups is 2. The molecule has 3 rings (SSSR count). The van der Waals surface area contributed by atoms with Crippen LogP contribution in [0.5, 0.6) is 0 Å². The molecular weight excluding hydrogens is 316 g/mol. The Hall–Kier alpha value is -1.92. The minimum absolute atomic E-state index is 0.0362. The second-order valence-corrected chi connectivity index (χ2v) is 7.05. The Morgan fingerprint density at radius 3 is 2.56 bits per heavy atom. The molecule has 0 spiro atoms. The van der Waals surface area contributed by atoms with E-state index in [-0.39, 0.29) is 23.9 Å². The maximum atomic E-state index is 12.5. The predicted octanol–water partition coefficient (Wildman–Crippen LogP) is 0.715. The van der Waals surface area contributed by atoms with Crippen molar-refractivity contribution >= 4 is 11.8 Å². The Morgan fingerprint density at radius 1 is 1.24 bits per heavy atom. The Bertz CT molecular complexity index is 603. The SMILES string of the molecule is CC(=O)N1CC(N(Cc2ccccc2)C2CC2)CC1C(=O)NCCN. The van der Waals surface area contributed by atoms with Gasteiger partial charge in [-0.15, -0.1) is 0 Å². The van der Waals surface area contributed by atoms with Crippen molar-refractivity contribution in [3.8, 4) is 0 Å². The van der Waals surface area contributed by atoms with Gasteiger partial charge in [0.05, 0.1) is 0 Å². The van der Waals surface area contributed by atoms with E-state index < -0.39 is 0 Å². The van der Waals surface area contributed by atoms with Gasteiger partial charge in [-0.3, -0.25) is 14.5 Å². The summed E-state index contributed by atoms with van der Waals surface area (Å²) in [6, 6.07) is 10.8. The second-order valence-electron chi connectivity index (χ2n) is 7.05. The van der Waals surface area contributed by atoms with Crippen molar-refractivity contribution in [3.63, 3.8) is 0 Å². The molecule has 2 aliphatic rings. The third kappa shape index (κ3) is 4.38. The number of nitrogens with two attached hydrogens (primary N) is 1. The van der Waals surface area contributed by atoms with E-state index in [0.717, 1.165) is 6.54 Å². The number of hydrogen-bond acceptors (Lipinski definition) is 4. The van der Waals surface area contributed by atoms with Crippen molar-refractivity contribution in [1.82, 2.24) is 15.1 Å². The molecule has 0 radical (unpaired) electrons. The molecule has 1 aliphatic carbocycles. The van der Waals surface area contributed by atoms with Crippen LogP contribution in [0, 0.1) is 0 Å². The van der Waals surface area contributed by atoms with Crippen molar-refractivity contribution in [2.45, 2.75) is 50.9 Å². The number of nitrogens with zero attached hydrogens (tertiary/aromatic N) is 2. The van der Waals surface area contributed by atoms with Crippen molar-refractivity contribution in [1.29, 1.82) is 0 Å². The molecule has 25 heavy (non-hydrogen) atoms. The third-order valence-electron chi connectivity index (χ3n) is 5.12. The van der Waals surface area contributed by atoms with Gasteiger partial charge in [0, 0.05) is 45.2 Å². The lowest BCUT2D eigenvalue weighted by molar-refractivity contribution is -0.136. The molecule has 1 heterocycles. The quantitative estimate of drug-likeness (QED) is 0.764. The normalized spacial score (nSPS) is 23.1. The van der Waals surface area contributed by atoms with E-state index in [9.17, 15) is 9.59 Å². The van der Waals surface area contributed by atoms with Gasteiger partial charge in [0.25, 0.3) is 0 Å². The minimum Gasteiger partial charge on any atom is -0.353 e. The molecule has 136 valence electrons. The number of amides is 2. The number of carbonyl (C=O) groups excluding carboxylic acids is 2.